The first-order valence-electron chi connectivity index (χ1n) is 11.0. The molecular weight excluding hydrogens is 436 g/mol. The van der Waals surface area contributed by atoms with Crippen LogP contribution in [0.3, 0.4) is 0 Å². The Balaban J connectivity index is 1.64. The highest BCUT2D eigenvalue weighted by atomic mass is 16.5. The first-order chi connectivity index (χ1) is 16.3. The molecule has 0 aliphatic heterocycles. The van der Waals surface area contributed by atoms with Crippen LogP contribution in [0.2, 0.25) is 0 Å². The third kappa shape index (κ3) is 7.26. The minimum absolute atomic E-state index is 0.0498. The van der Waals surface area contributed by atoms with Crippen molar-refractivity contribution in [3.05, 3.63) is 72.1 Å². The summed E-state index contributed by atoms with van der Waals surface area (Å²) >= 11 is 0. The Bertz CT molecular complexity index is 1140. The molecule has 3 N–H and O–H groups in total. The Labute approximate surface area is 197 Å². The van der Waals surface area contributed by atoms with Gasteiger partial charge in [-0.1, -0.05) is 56.3 Å². The fourth-order valence-electron chi connectivity index (χ4n) is 3.39. The van der Waals surface area contributed by atoms with E-state index < -0.39 is 30.1 Å². The SMILES string of the molecule is CC(C)C[C@H](NC(=O)OCc1ccccc1)C(=O)N[C@H](Cc1cnc2ccccc2n1)C(=O)O. The lowest BCUT2D eigenvalue weighted by Crippen LogP contribution is -2.52. The molecule has 9 nitrogen and oxygen atoms in total. The standard InChI is InChI=1S/C25H28N4O5/c1-16(2)12-21(29-25(33)34-15-17-8-4-3-5-9-17)23(30)28-22(24(31)32)13-18-14-26-19-10-6-7-11-20(19)27-18/h3-11,14,16,21-22H,12-13,15H2,1-2H3,(H,28,30)(H,29,33)(H,31,32)/t21-,22+/m0/s1. The van der Waals surface area contributed by atoms with Crippen LogP contribution in [-0.2, 0) is 27.4 Å². The third-order valence-corrected chi connectivity index (χ3v) is 5.05. The lowest BCUT2D eigenvalue weighted by molar-refractivity contribution is -0.142. The lowest BCUT2D eigenvalue weighted by atomic mass is 10.0. The Morgan fingerprint density at radius 3 is 2.29 bits per heavy atom. The quantitative estimate of drug-likeness (QED) is 0.420. The molecule has 2 aromatic carbocycles. The number of rotatable bonds is 10. The predicted octanol–water partition coefficient (Wildman–Crippen LogP) is 3.08. The summed E-state index contributed by atoms with van der Waals surface area (Å²) in [6.07, 6.45) is 1.01. The minimum Gasteiger partial charge on any atom is -0.480 e. The number of benzene rings is 2. The van der Waals surface area contributed by atoms with Gasteiger partial charge in [-0.3, -0.25) is 9.78 Å². The normalized spacial score (nSPS) is 12.7. The van der Waals surface area contributed by atoms with Crippen LogP contribution in [0.1, 0.15) is 31.5 Å². The summed E-state index contributed by atoms with van der Waals surface area (Å²) in [5, 5.41) is 14.8. The molecule has 0 radical (unpaired) electrons. The van der Waals surface area contributed by atoms with E-state index >= 15 is 0 Å². The zero-order valence-corrected chi connectivity index (χ0v) is 19.1. The molecule has 0 fully saturated rings. The number of amides is 2. The van der Waals surface area contributed by atoms with Crippen LogP contribution >= 0.6 is 0 Å². The van der Waals surface area contributed by atoms with E-state index in [4.69, 9.17) is 4.74 Å². The van der Waals surface area contributed by atoms with Crippen LogP contribution in [-0.4, -0.2) is 45.1 Å². The molecule has 0 aliphatic rings. The number of nitrogens with one attached hydrogen (secondary N) is 2. The number of aliphatic carboxylic acids is 1. The molecule has 178 valence electrons. The number of hydrogen-bond acceptors (Lipinski definition) is 6. The fourth-order valence-corrected chi connectivity index (χ4v) is 3.39. The van der Waals surface area contributed by atoms with E-state index in [9.17, 15) is 19.5 Å². The third-order valence-electron chi connectivity index (χ3n) is 5.05. The molecule has 0 unspecified atom stereocenters. The molecule has 0 spiro atoms. The minimum atomic E-state index is -1.24. The largest absolute Gasteiger partial charge is 0.480 e. The monoisotopic (exact) mass is 464 g/mol. The van der Waals surface area contributed by atoms with Gasteiger partial charge < -0.3 is 20.5 Å². The predicted molar refractivity (Wildman–Crippen MR) is 126 cm³/mol. The number of carboxylic acids is 1. The Hall–Kier alpha value is -4.01. The average Bonchev–Trinajstić information content (AvgIpc) is 2.82. The number of hydrogen-bond donors (Lipinski definition) is 3. The van der Waals surface area contributed by atoms with Gasteiger partial charge >= 0.3 is 12.1 Å². The van der Waals surface area contributed by atoms with E-state index in [0.717, 1.165) is 5.56 Å². The van der Waals surface area contributed by atoms with Crippen LogP contribution < -0.4 is 10.6 Å². The smallest absolute Gasteiger partial charge is 0.408 e. The summed E-state index contributed by atoms with van der Waals surface area (Å²) in [4.78, 5) is 45.8. The van der Waals surface area contributed by atoms with Crippen LogP contribution in [0.5, 0.6) is 0 Å². The highest BCUT2D eigenvalue weighted by Crippen LogP contribution is 2.11. The molecule has 0 bridgehead atoms. The van der Waals surface area contributed by atoms with Crippen LogP contribution in [0.25, 0.3) is 11.0 Å². The van der Waals surface area contributed by atoms with Gasteiger partial charge in [0.25, 0.3) is 0 Å². The summed E-state index contributed by atoms with van der Waals surface area (Å²) in [7, 11) is 0. The average molecular weight is 465 g/mol. The molecule has 1 aromatic heterocycles. The number of fused-ring (bicyclic) bond motifs is 1. The van der Waals surface area contributed by atoms with Crippen molar-refractivity contribution in [2.24, 2.45) is 5.92 Å². The number of nitrogens with zero attached hydrogens (tertiary/aromatic N) is 2. The van der Waals surface area contributed by atoms with Crippen molar-refractivity contribution >= 4 is 29.0 Å². The van der Waals surface area contributed by atoms with Gasteiger partial charge in [-0.25, -0.2) is 14.6 Å². The molecule has 3 rings (SSSR count). The van der Waals surface area contributed by atoms with E-state index in [-0.39, 0.29) is 18.9 Å². The van der Waals surface area contributed by atoms with Crippen molar-refractivity contribution in [3.63, 3.8) is 0 Å². The molecular formula is C25H28N4O5. The van der Waals surface area contributed by atoms with Gasteiger partial charge in [0.2, 0.25) is 5.91 Å². The Kier molecular flexibility index (Phi) is 8.50. The number of carbonyl (C=O) groups is 3. The Morgan fingerprint density at radius 1 is 0.941 bits per heavy atom. The topological polar surface area (TPSA) is 131 Å². The van der Waals surface area contributed by atoms with Gasteiger partial charge in [0.05, 0.1) is 16.7 Å². The van der Waals surface area contributed by atoms with E-state index in [1.807, 2.05) is 62.4 Å². The molecule has 9 heteroatoms. The van der Waals surface area contributed by atoms with Crippen LogP contribution in [0.15, 0.2) is 60.8 Å². The van der Waals surface area contributed by atoms with E-state index in [2.05, 4.69) is 20.6 Å². The van der Waals surface area contributed by atoms with E-state index in [1.54, 1.807) is 6.07 Å². The van der Waals surface area contributed by atoms with E-state index in [1.165, 1.54) is 6.20 Å². The van der Waals surface area contributed by atoms with Crippen molar-refractivity contribution in [1.82, 2.24) is 20.6 Å². The summed E-state index contributed by atoms with van der Waals surface area (Å²) in [6.45, 7) is 3.86. The molecule has 1 heterocycles. The van der Waals surface area contributed by atoms with Crippen molar-refractivity contribution in [2.75, 3.05) is 0 Å². The molecule has 34 heavy (non-hydrogen) atoms. The van der Waals surface area contributed by atoms with Crippen molar-refractivity contribution in [3.8, 4) is 0 Å². The number of para-hydroxylation sites is 2. The maximum atomic E-state index is 12.9. The van der Waals surface area contributed by atoms with Gasteiger partial charge in [-0.15, -0.1) is 0 Å². The first-order valence-corrected chi connectivity index (χ1v) is 11.0. The highest BCUT2D eigenvalue weighted by Gasteiger charge is 2.28. The number of alkyl carbamates (subject to hydrolysis) is 1. The van der Waals surface area contributed by atoms with Gasteiger partial charge in [-0.05, 0) is 30.0 Å². The number of carbonyl (C=O) groups excluding carboxylic acids is 2. The number of aromatic nitrogens is 2. The maximum absolute atomic E-state index is 12.9. The van der Waals surface area contributed by atoms with Crippen LogP contribution in [0.4, 0.5) is 4.79 Å². The number of ether oxygens (including phenoxy) is 1. The zero-order valence-electron chi connectivity index (χ0n) is 19.1. The second kappa shape index (κ2) is 11.7. The molecule has 0 saturated heterocycles. The maximum Gasteiger partial charge on any atom is 0.408 e. The first kappa shape index (κ1) is 24.6. The van der Waals surface area contributed by atoms with Crippen LogP contribution in [0, 0.1) is 5.92 Å². The zero-order chi connectivity index (χ0) is 24.5. The summed E-state index contributed by atoms with van der Waals surface area (Å²) in [5.74, 6) is -1.75. The van der Waals surface area contributed by atoms with Gasteiger partial charge in [-0.2, -0.15) is 0 Å². The summed E-state index contributed by atoms with van der Waals surface area (Å²) < 4.78 is 5.21. The van der Waals surface area contributed by atoms with Crippen molar-refractivity contribution < 1.29 is 24.2 Å². The summed E-state index contributed by atoms with van der Waals surface area (Å²) in [5.41, 5.74) is 2.57. The number of carboxylic acid groups (broad SMARTS) is 1. The van der Waals surface area contributed by atoms with Gasteiger partial charge in [0.15, 0.2) is 0 Å². The van der Waals surface area contributed by atoms with E-state index in [0.29, 0.717) is 23.1 Å². The Morgan fingerprint density at radius 2 is 1.62 bits per heavy atom. The molecule has 3 aromatic rings. The second-order valence-electron chi connectivity index (χ2n) is 8.34. The molecule has 2 amide bonds. The highest BCUT2D eigenvalue weighted by molar-refractivity contribution is 5.89. The fraction of sp³-hybridized carbons (Fsp3) is 0.320. The summed E-state index contributed by atoms with van der Waals surface area (Å²) in [6, 6.07) is 14.2. The van der Waals surface area contributed by atoms with Gasteiger partial charge in [0.1, 0.15) is 18.7 Å². The lowest BCUT2D eigenvalue weighted by Gasteiger charge is -2.22. The van der Waals surface area contributed by atoms with Crippen molar-refractivity contribution in [2.45, 2.75) is 45.4 Å². The van der Waals surface area contributed by atoms with Gasteiger partial charge in [0, 0.05) is 12.6 Å². The molecule has 0 saturated carbocycles. The molecule has 2 atom stereocenters. The van der Waals surface area contributed by atoms with Crippen molar-refractivity contribution in [1.29, 1.82) is 0 Å². The molecule has 0 aliphatic carbocycles. The second-order valence-corrected chi connectivity index (χ2v) is 8.34.